The number of ether oxygens (including phenoxy) is 1. The van der Waals surface area contributed by atoms with Crippen molar-refractivity contribution < 1.29 is 9.13 Å². The molecule has 0 spiro atoms. The van der Waals surface area contributed by atoms with E-state index in [2.05, 4.69) is 13.8 Å². The molecule has 1 rings (SSSR count). The first-order chi connectivity index (χ1) is 7.71. The monoisotopic (exact) mass is 225 g/mol. The van der Waals surface area contributed by atoms with E-state index in [0.29, 0.717) is 13.0 Å². The second kappa shape index (κ2) is 6.48. The normalized spacial score (nSPS) is 10.8. The third-order valence-electron chi connectivity index (χ3n) is 2.64. The highest BCUT2D eigenvalue weighted by molar-refractivity contribution is 5.34. The first-order valence-electron chi connectivity index (χ1n) is 5.86. The van der Waals surface area contributed by atoms with Gasteiger partial charge in [0.2, 0.25) is 0 Å². The highest BCUT2D eigenvalue weighted by Gasteiger charge is 2.09. The summed E-state index contributed by atoms with van der Waals surface area (Å²) in [6.07, 6.45) is 2.75. The fraction of sp³-hybridized carbons (Fsp3) is 0.538. The second-order valence-corrected chi connectivity index (χ2v) is 3.85. The first-order valence-corrected chi connectivity index (χ1v) is 5.86. The molecule has 0 heterocycles. The SMILES string of the molecule is CCC(CC)Oc1ccc(F)cc1CCN. The average Bonchev–Trinajstić information content (AvgIpc) is 2.29. The molecule has 0 aliphatic carbocycles. The van der Waals surface area contributed by atoms with Crippen LogP contribution in [0.1, 0.15) is 32.3 Å². The van der Waals surface area contributed by atoms with Crippen LogP contribution in [0.15, 0.2) is 18.2 Å². The topological polar surface area (TPSA) is 35.2 Å². The zero-order valence-electron chi connectivity index (χ0n) is 10.0. The van der Waals surface area contributed by atoms with Crippen molar-refractivity contribution in [3.8, 4) is 5.75 Å². The maximum atomic E-state index is 13.1. The van der Waals surface area contributed by atoms with Gasteiger partial charge in [-0.1, -0.05) is 13.8 Å². The van der Waals surface area contributed by atoms with Gasteiger partial charge in [-0.05, 0) is 49.6 Å². The molecule has 0 radical (unpaired) electrons. The van der Waals surface area contributed by atoms with Crippen LogP contribution in [0.4, 0.5) is 4.39 Å². The van der Waals surface area contributed by atoms with Crippen LogP contribution < -0.4 is 10.5 Å². The number of nitrogens with two attached hydrogens (primary N) is 1. The molecule has 1 aromatic rings. The Labute approximate surface area is 96.6 Å². The minimum atomic E-state index is -0.236. The van der Waals surface area contributed by atoms with E-state index in [4.69, 9.17) is 10.5 Å². The van der Waals surface area contributed by atoms with Crippen molar-refractivity contribution in [2.24, 2.45) is 5.73 Å². The van der Waals surface area contributed by atoms with Gasteiger partial charge in [0.25, 0.3) is 0 Å². The van der Waals surface area contributed by atoms with E-state index < -0.39 is 0 Å². The predicted molar refractivity (Wildman–Crippen MR) is 64.2 cm³/mol. The smallest absolute Gasteiger partial charge is 0.123 e. The van der Waals surface area contributed by atoms with Crippen molar-refractivity contribution in [1.29, 1.82) is 0 Å². The van der Waals surface area contributed by atoms with Crippen molar-refractivity contribution >= 4 is 0 Å². The van der Waals surface area contributed by atoms with Crippen molar-refractivity contribution in [3.63, 3.8) is 0 Å². The quantitative estimate of drug-likeness (QED) is 0.808. The van der Waals surface area contributed by atoms with E-state index in [9.17, 15) is 4.39 Å². The number of hydrogen-bond donors (Lipinski definition) is 1. The Balaban J connectivity index is 2.84. The van der Waals surface area contributed by atoms with E-state index in [-0.39, 0.29) is 11.9 Å². The summed E-state index contributed by atoms with van der Waals surface area (Å²) >= 11 is 0. The molecule has 0 aromatic heterocycles. The fourth-order valence-corrected chi connectivity index (χ4v) is 1.65. The summed E-state index contributed by atoms with van der Waals surface area (Å²) in [6, 6.07) is 4.63. The molecule has 0 atom stereocenters. The minimum absolute atomic E-state index is 0.196. The summed E-state index contributed by atoms with van der Waals surface area (Å²) in [5, 5.41) is 0. The molecular formula is C13H20FNO. The zero-order chi connectivity index (χ0) is 12.0. The Morgan fingerprint density at radius 2 is 2.00 bits per heavy atom. The molecule has 3 heteroatoms. The molecule has 0 saturated carbocycles. The van der Waals surface area contributed by atoms with E-state index in [1.165, 1.54) is 12.1 Å². The lowest BCUT2D eigenvalue weighted by atomic mass is 10.1. The summed E-state index contributed by atoms with van der Waals surface area (Å²) in [5.41, 5.74) is 6.35. The van der Waals surface area contributed by atoms with Crippen LogP contribution in [0.2, 0.25) is 0 Å². The molecule has 1 aromatic carbocycles. The number of rotatable bonds is 6. The number of hydrogen-bond acceptors (Lipinski definition) is 2. The van der Waals surface area contributed by atoms with Crippen molar-refractivity contribution in [2.45, 2.75) is 39.2 Å². The van der Waals surface area contributed by atoms with Crippen LogP contribution in [-0.2, 0) is 6.42 Å². The van der Waals surface area contributed by atoms with Crippen molar-refractivity contribution in [3.05, 3.63) is 29.6 Å². The molecule has 0 bridgehead atoms. The van der Waals surface area contributed by atoms with Gasteiger partial charge in [0.1, 0.15) is 11.6 Å². The Hall–Kier alpha value is -1.09. The second-order valence-electron chi connectivity index (χ2n) is 3.85. The summed E-state index contributed by atoms with van der Waals surface area (Å²) in [5.74, 6) is 0.529. The van der Waals surface area contributed by atoms with Gasteiger partial charge in [-0.15, -0.1) is 0 Å². The molecule has 0 saturated heterocycles. The predicted octanol–water partition coefficient (Wildman–Crippen LogP) is 2.89. The lowest BCUT2D eigenvalue weighted by Gasteiger charge is -2.18. The molecule has 2 N–H and O–H groups in total. The lowest BCUT2D eigenvalue weighted by Crippen LogP contribution is -2.15. The van der Waals surface area contributed by atoms with Gasteiger partial charge in [-0.2, -0.15) is 0 Å². The highest BCUT2D eigenvalue weighted by Crippen LogP contribution is 2.22. The molecular weight excluding hydrogens is 205 g/mol. The Morgan fingerprint density at radius 1 is 1.31 bits per heavy atom. The van der Waals surface area contributed by atoms with Gasteiger partial charge in [-0.3, -0.25) is 0 Å². The van der Waals surface area contributed by atoms with Crippen LogP contribution in [-0.4, -0.2) is 12.6 Å². The molecule has 90 valence electrons. The van der Waals surface area contributed by atoms with Gasteiger partial charge in [0.15, 0.2) is 0 Å². The maximum absolute atomic E-state index is 13.1. The van der Waals surface area contributed by atoms with Crippen molar-refractivity contribution in [2.75, 3.05) is 6.54 Å². The van der Waals surface area contributed by atoms with E-state index in [1.807, 2.05) is 0 Å². The van der Waals surface area contributed by atoms with Gasteiger partial charge < -0.3 is 10.5 Å². The van der Waals surface area contributed by atoms with E-state index >= 15 is 0 Å². The van der Waals surface area contributed by atoms with E-state index in [1.54, 1.807) is 6.07 Å². The summed E-state index contributed by atoms with van der Waals surface area (Å²) in [7, 11) is 0. The largest absolute Gasteiger partial charge is 0.490 e. The van der Waals surface area contributed by atoms with Crippen LogP contribution in [0.5, 0.6) is 5.75 Å². The summed E-state index contributed by atoms with van der Waals surface area (Å²) in [6.45, 7) is 4.67. The molecule has 0 unspecified atom stereocenters. The van der Waals surface area contributed by atoms with Crippen LogP contribution in [0.3, 0.4) is 0 Å². The van der Waals surface area contributed by atoms with Gasteiger partial charge in [-0.25, -0.2) is 4.39 Å². The van der Waals surface area contributed by atoms with Crippen molar-refractivity contribution in [1.82, 2.24) is 0 Å². The third-order valence-corrected chi connectivity index (χ3v) is 2.64. The molecule has 2 nitrogen and oxygen atoms in total. The molecule has 0 fully saturated rings. The standard InChI is InChI=1S/C13H20FNO/c1-3-12(4-2)16-13-6-5-11(14)9-10(13)7-8-15/h5-6,9,12H,3-4,7-8,15H2,1-2H3. The Morgan fingerprint density at radius 3 is 2.56 bits per heavy atom. The molecule has 0 amide bonds. The average molecular weight is 225 g/mol. The maximum Gasteiger partial charge on any atom is 0.123 e. The molecule has 0 aliphatic rings. The van der Waals surface area contributed by atoms with E-state index in [0.717, 1.165) is 24.2 Å². The highest BCUT2D eigenvalue weighted by atomic mass is 19.1. The number of halogens is 1. The Kier molecular flexibility index (Phi) is 5.26. The van der Waals surface area contributed by atoms with Crippen LogP contribution in [0, 0.1) is 5.82 Å². The third kappa shape index (κ3) is 3.49. The Bertz CT molecular complexity index is 324. The van der Waals surface area contributed by atoms with Gasteiger partial charge in [0.05, 0.1) is 6.10 Å². The zero-order valence-corrected chi connectivity index (χ0v) is 10.0. The summed E-state index contributed by atoms with van der Waals surface area (Å²) < 4.78 is 18.9. The van der Waals surface area contributed by atoms with Gasteiger partial charge >= 0.3 is 0 Å². The summed E-state index contributed by atoms with van der Waals surface area (Å²) in [4.78, 5) is 0. The first kappa shape index (κ1) is 13.0. The molecule has 16 heavy (non-hydrogen) atoms. The van der Waals surface area contributed by atoms with Gasteiger partial charge in [0, 0.05) is 0 Å². The van der Waals surface area contributed by atoms with Crippen LogP contribution in [0.25, 0.3) is 0 Å². The van der Waals surface area contributed by atoms with Crippen LogP contribution >= 0.6 is 0 Å². The fourth-order valence-electron chi connectivity index (χ4n) is 1.65. The lowest BCUT2D eigenvalue weighted by molar-refractivity contribution is 0.191. The molecule has 0 aliphatic heterocycles. The number of benzene rings is 1. The minimum Gasteiger partial charge on any atom is -0.490 e.